The molecule has 1 aromatic carbocycles. The Balaban J connectivity index is 2.37. The fraction of sp³-hybridized carbons (Fsp3) is 0.412. The molecule has 0 aliphatic carbocycles. The zero-order valence-electron chi connectivity index (χ0n) is 13.1. The number of hydrogen-bond donors (Lipinski definition) is 0. The fourth-order valence-electron chi connectivity index (χ4n) is 2.20. The molecule has 4 heteroatoms. The molecule has 1 aromatic heterocycles. The van der Waals surface area contributed by atoms with Gasteiger partial charge in [-0.3, -0.25) is 0 Å². The van der Waals surface area contributed by atoms with Gasteiger partial charge >= 0.3 is 0 Å². The summed E-state index contributed by atoms with van der Waals surface area (Å²) in [6, 6.07) is 10.4. The van der Waals surface area contributed by atoms with Crippen molar-refractivity contribution in [2.75, 3.05) is 11.4 Å². The molecular formula is C17H22ClN3. The van der Waals surface area contributed by atoms with Gasteiger partial charge in [0, 0.05) is 24.6 Å². The molecule has 0 saturated heterocycles. The molecule has 0 atom stereocenters. The van der Waals surface area contributed by atoms with Gasteiger partial charge in [0.2, 0.25) is 0 Å². The highest BCUT2D eigenvalue weighted by molar-refractivity contribution is 6.30. The van der Waals surface area contributed by atoms with Gasteiger partial charge in [0.25, 0.3) is 0 Å². The molecule has 0 radical (unpaired) electrons. The zero-order chi connectivity index (χ0) is 15.4. The molecule has 0 fully saturated rings. The van der Waals surface area contributed by atoms with Crippen molar-refractivity contribution in [3.05, 3.63) is 52.4 Å². The maximum atomic E-state index is 6.29. The van der Waals surface area contributed by atoms with E-state index in [4.69, 9.17) is 16.6 Å². The standard InChI is InChI=1S/C17H22ClN3/c1-5-21(11-14-9-7-6-8-10-14)17-13(4)15(18)19-16(20-17)12(2)3/h6-10,12H,5,11H2,1-4H3. The Morgan fingerprint density at radius 1 is 1.14 bits per heavy atom. The summed E-state index contributed by atoms with van der Waals surface area (Å²) in [6.45, 7) is 9.98. The van der Waals surface area contributed by atoms with E-state index in [2.05, 4.69) is 54.9 Å². The largest absolute Gasteiger partial charge is 0.352 e. The molecule has 1 heterocycles. The summed E-state index contributed by atoms with van der Waals surface area (Å²) in [5.74, 6) is 1.99. The van der Waals surface area contributed by atoms with Gasteiger partial charge in [-0.05, 0) is 19.4 Å². The van der Waals surface area contributed by atoms with Gasteiger partial charge in [-0.15, -0.1) is 0 Å². The molecule has 2 aromatic rings. The zero-order valence-corrected chi connectivity index (χ0v) is 13.9. The summed E-state index contributed by atoms with van der Waals surface area (Å²) >= 11 is 6.29. The minimum absolute atomic E-state index is 0.261. The van der Waals surface area contributed by atoms with Crippen LogP contribution in [0, 0.1) is 6.92 Å². The van der Waals surface area contributed by atoms with Crippen molar-refractivity contribution in [3.63, 3.8) is 0 Å². The molecule has 0 N–H and O–H groups in total. The molecule has 0 saturated carbocycles. The first kappa shape index (κ1) is 15.8. The molecule has 0 unspecified atom stereocenters. The van der Waals surface area contributed by atoms with Crippen LogP contribution in [0.3, 0.4) is 0 Å². The van der Waals surface area contributed by atoms with Gasteiger partial charge in [-0.25, -0.2) is 9.97 Å². The monoisotopic (exact) mass is 303 g/mol. The SMILES string of the molecule is CCN(Cc1ccccc1)c1nc(C(C)C)nc(Cl)c1C. The molecule has 0 amide bonds. The lowest BCUT2D eigenvalue weighted by Gasteiger charge is -2.25. The van der Waals surface area contributed by atoms with Crippen molar-refractivity contribution < 1.29 is 0 Å². The van der Waals surface area contributed by atoms with Crippen LogP contribution >= 0.6 is 11.6 Å². The Hall–Kier alpha value is -1.61. The molecule has 0 bridgehead atoms. The summed E-state index contributed by atoms with van der Waals surface area (Å²) in [6.07, 6.45) is 0. The summed E-state index contributed by atoms with van der Waals surface area (Å²) in [7, 11) is 0. The van der Waals surface area contributed by atoms with Crippen LogP contribution in [0.5, 0.6) is 0 Å². The maximum Gasteiger partial charge on any atom is 0.137 e. The van der Waals surface area contributed by atoms with Crippen LogP contribution in [-0.2, 0) is 6.54 Å². The average Bonchev–Trinajstić information content (AvgIpc) is 2.48. The lowest BCUT2D eigenvalue weighted by atomic mass is 10.2. The van der Waals surface area contributed by atoms with Gasteiger partial charge < -0.3 is 4.90 Å². The van der Waals surface area contributed by atoms with Crippen molar-refractivity contribution in [2.45, 2.75) is 40.2 Å². The predicted molar refractivity (Wildman–Crippen MR) is 89.0 cm³/mol. The van der Waals surface area contributed by atoms with E-state index in [1.165, 1.54) is 5.56 Å². The third kappa shape index (κ3) is 3.73. The van der Waals surface area contributed by atoms with Crippen LogP contribution in [0.25, 0.3) is 0 Å². The Labute approximate surface area is 132 Å². The first-order valence-electron chi connectivity index (χ1n) is 7.35. The average molecular weight is 304 g/mol. The third-order valence-corrected chi connectivity index (χ3v) is 3.86. The van der Waals surface area contributed by atoms with E-state index >= 15 is 0 Å². The van der Waals surface area contributed by atoms with E-state index < -0.39 is 0 Å². The number of anilines is 1. The van der Waals surface area contributed by atoms with E-state index in [1.54, 1.807) is 0 Å². The maximum absolute atomic E-state index is 6.29. The van der Waals surface area contributed by atoms with Crippen LogP contribution in [0.4, 0.5) is 5.82 Å². The first-order valence-corrected chi connectivity index (χ1v) is 7.73. The quantitative estimate of drug-likeness (QED) is 0.757. The third-order valence-electron chi connectivity index (χ3n) is 3.49. The predicted octanol–water partition coefficient (Wildman–Crippen LogP) is 4.59. The molecule has 0 spiro atoms. The summed E-state index contributed by atoms with van der Waals surface area (Å²) < 4.78 is 0. The number of nitrogens with zero attached hydrogens (tertiary/aromatic N) is 3. The van der Waals surface area contributed by atoms with E-state index in [0.717, 1.165) is 30.3 Å². The Bertz CT molecular complexity index is 596. The molecule has 112 valence electrons. The number of rotatable bonds is 5. The number of hydrogen-bond acceptors (Lipinski definition) is 3. The molecule has 2 rings (SSSR count). The molecule has 0 aliphatic heterocycles. The second-order valence-corrected chi connectivity index (χ2v) is 5.83. The second-order valence-electron chi connectivity index (χ2n) is 5.48. The van der Waals surface area contributed by atoms with Crippen LogP contribution in [-0.4, -0.2) is 16.5 Å². The van der Waals surface area contributed by atoms with Crippen LogP contribution in [0.2, 0.25) is 5.15 Å². The lowest BCUT2D eigenvalue weighted by Crippen LogP contribution is -2.25. The van der Waals surface area contributed by atoms with Crippen molar-refractivity contribution in [2.24, 2.45) is 0 Å². The Morgan fingerprint density at radius 2 is 1.81 bits per heavy atom. The highest BCUT2D eigenvalue weighted by Crippen LogP contribution is 2.26. The minimum atomic E-state index is 0.261. The Kier molecular flexibility index (Phi) is 5.18. The normalized spacial score (nSPS) is 11.0. The number of aromatic nitrogens is 2. The first-order chi connectivity index (χ1) is 10.0. The van der Waals surface area contributed by atoms with E-state index in [1.807, 2.05) is 13.0 Å². The fourth-order valence-corrected chi connectivity index (χ4v) is 2.37. The van der Waals surface area contributed by atoms with Gasteiger partial charge in [0.15, 0.2) is 0 Å². The number of benzene rings is 1. The highest BCUT2D eigenvalue weighted by atomic mass is 35.5. The highest BCUT2D eigenvalue weighted by Gasteiger charge is 2.16. The minimum Gasteiger partial charge on any atom is -0.352 e. The van der Waals surface area contributed by atoms with Crippen molar-refractivity contribution in [1.29, 1.82) is 0 Å². The van der Waals surface area contributed by atoms with Crippen LogP contribution in [0.1, 0.15) is 43.6 Å². The topological polar surface area (TPSA) is 29.0 Å². The molecule has 3 nitrogen and oxygen atoms in total. The van der Waals surface area contributed by atoms with Crippen molar-refractivity contribution in [1.82, 2.24) is 9.97 Å². The summed E-state index contributed by atoms with van der Waals surface area (Å²) in [4.78, 5) is 11.4. The van der Waals surface area contributed by atoms with Crippen molar-refractivity contribution in [3.8, 4) is 0 Å². The lowest BCUT2D eigenvalue weighted by molar-refractivity contribution is 0.743. The second kappa shape index (κ2) is 6.90. The van der Waals surface area contributed by atoms with Crippen LogP contribution in [0.15, 0.2) is 30.3 Å². The van der Waals surface area contributed by atoms with E-state index in [-0.39, 0.29) is 5.92 Å². The smallest absolute Gasteiger partial charge is 0.137 e. The molecular weight excluding hydrogens is 282 g/mol. The summed E-state index contributed by atoms with van der Waals surface area (Å²) in [5.41, 5.74) is 2.21. The van der Waals surface area contributed by atoms with Gasteiger partial charge in [-0.2, -0.15) is 0 Å². The van der Waals surface area contributed by atoms with Crippen LogP contribution < -0.4 is 4.90 Å². The Morgan fingerprint density at radius 3 is 2.38 bits per heavy atom. The summed E-state index contributed by atoms with van der Waals surface area (Å²) in [5, 5.41) is 0.551. The van der Waals surface area contributed by atoms with Crippen molar-refractivity contribution >= 4 is 17.4 Å². The molecule has 0 aliphatic rings. The van der Waals surface area contributed by atoms with E-state index in [0.29, 0.717) is 5.15 Å². The molecule has 21 heavy (non-hydrogen) atoms. The number of halogens is 1. The van der Waals surface area contributed by atoms with Gasteiger partial charge in [-0.1, -0.05) is 55.8 Å². The van der Waals surface area contributed by atoms with E-state index in [9.17, 15) is 0 Å². The van der Waals surface area contributed by atoms with Gasteiger partial charge in [0.1, 0.15) is 16.8 Å². The van der Waals surface area contributed by atoms with Gasteiger partial charge in [0.05, 0.1) is 0 Å².